The van der Waals surface area contributed by atoms with Crippen LogP contribution in [0, 0.1) is 0 Å². The molecule has 0 aliphatic carbocycles. The second-order valence-corrected chi connectivity index (χ2v) is 7.37. The van der Waals surface area contributed by atoms with E-state index in [4.69, 9.17) is 9.47 Å². The molecule has 1 aromatic carbocycles. The fourth-order valence-corrected chi connectivity index (χ4v) is 3.94. The number of benzene rings is 1. The normalized spacial score (nSPS) is 10.5. The highest BCUT2D eigenvalue weighted by Gasteiger charge is 2.08. The number of hydrogen-bond donors (Lipinski definition) is 1. The quantitative estimate of drug-likeness (QED) is 0.665. The summed E-state index contributed by atoms with van der Waals surface area (Å²) in [6, 6.07) is 5.75. The van der Waals surface area contributed by atoms with Crippen LogP contribution in [-0.2, 0) is 11.2 Å². The maximum absolute atomic E-state index is 11.9. The second-order valence-electron chi connectivity index (χ2n) is 4.62. The molecule has 1 aromatic heterocycles. The molecule has 0 spiro atoms. The molecule has 2 aromatic rings. The number of rotatable bonds is 9. The van der Waals surface area contributed by atoms with Crippen molar-refractivity contribution < 1.29 is 14.3 Å². The number of methoxy groups -OCH3 is 2. The van der Waals surface area contributed by atoms with Gasteiger partial charge in [-0.25, -0.2) is 4.98 Å². The van der Waals surface area contributed by atoms with Gasteiger partial charge in [-0.3, -0.25) is 4.79 Å². The lowest BCUT2D eigenvalue weighted by atomic mass is 10.1. The van der Waals surface area contributed by atoms with Crippen LogP contribution in [0.1, 0.15) is 5.56 Å². The molecule has 0 saturated heterocycles. The van der Waals surface area contributed by atoms with Crippen LogP contribution in [0.2, 0.25) is 0 Å². The van der Waals surface area contributed by atoms with Crippen molar-refractivity contribution in [3.63, 3.8) is 0 Å². The number of ether oxygens (including phenoxy) is 2. The van der Waals surface area contributed by atoms with Crippen molar-refractivity contribution in [2.75, 3.05) is 32.8 Å². The summed E-state index contributed by atoms with van der Waals surface area (Å²) >= 11 is 4.22. The molecule has 0 fully saturated rings. The van der Waals surface area contributed by atoms with Gasteiger partial charge in [0, 0.05) is 6.54 Å². The smallest absolute Gasteiger partial charge is 0.230 e. The molecule has 0 radical (unpaired) electrons. The Hall–Kier alpha value is -1.45. The molecule has 1 heterocycles. The van der Waals surface area contributed by atoms with E-state index in [1.807, 2.05) is 24.5 Å². The van der Waals surface area contributed by atoms with Gasteiger partial charge in [-0.15, -0.1) is 0 Å². The summed E-state index contributed by atoms with van der Waals surface area (Å²) in [6.07, 6.45) is 2.66. The molecule has 0 aliphatic rings. The van der Waals surface area contributed by atoms with Gasteiger partial charge in [-0.2, -0.15) is 4.37 Å². The van der Waals surface area contributed by atoms with Crippen LogP contribution in [-0.4, -0.2) is 48.0 Å². The standard InChI is InChI=1S/C15H19N3O3S3/c1-20-11-5-4-10(8-12(11)21-2)6-7-16-13(19)9-23-15-17-14(22-3)18-24-15/h4-5,8H,6-7,9H2,1-3H3,(H,16,19). The van der Waals surface area contributed by atoms with Gasteiger partial charge in [-0.05, 0) is 41.9 Å². The first-order chi connectivity index (χ1) is 11.7. The molecule has 24 heavy (non-hydrogen) atoms. The average molecular weight is 386 g/mol. The van der Waals surface area contributed by atoms with E-state index in [0.29, 0.717) is 23.8 Å². The second kappa shape index (κ2) is 9.75. The fourth-order valence-electron chi connectivity index (χ4n) is 1.90. The van der Waals surface area contributed by atoms with Crippen LogP contribution < -0.4 is 14.8 Å². The van der Waals surface area contributed by atoms with Crippen molar-refractivity contribution in [3.05, 3.63) is 23.8 Å². The number of carbonyl (C=O) groups excluding carboxylic acids is 1. The third-order valence-electron chi connectivity index (χ3n) is 3.08. The zero-order valence-corrected chi connectivity index (χ0v) is 16.1. The summed E-state index contributed by atoms with van der Waals surface area (Å²) in [5.41, 5.74) is 1.08. The monoisotopic (exact) mass is 385 g/mol. The molecule has 0 saturated carbocycles. The topological polar surface area (TPSA) is 73.3 Å². The molecule has 0 unspecified atom stereocenters. The Morgan fingerprint density at radius 1 is 1.29 bits per heavy atom. The Morgan fingerprint density at radius 2 is 2.08 bits per heavy atom. The van der Waals surface area contributed by atoms with Crippen LogP contribution in [0.4, 0.5) is 0 Å². The number of thioether (sulfide) groups is 2. The molecule has 1 N–H and O–H groups in total. The zero-order valence-electron chi connectivity index (χ0n) is 13.7. The number of amides is 1. The molecule has 0 bridgehead atoms. The Morgan fingerprint density at radius 3 is 2.75 bits per heavy atom. The van der Waals surface area contributed by atoms with Gasteiger partial charge in [0.05, 0.1) is 20.0 Å². The summed E-state index contributed by atoms with van der Waals surface area (Å²) in [7, 11) is 3.21. The van der Waals surface area contributed by atoms with Gasteiger partial charge in [0.2, 0.25) is 11.1 Å². The van der Waals surface area contributed by atoms with Gasteiger partial charge in [0.1, 0.15) is 0 Å². The maximum Gasteiger partial charge on any atom is 0.230 e. The Balaban J connectivity index is 1.74. The van der Waals surface area contributed by atoms with Crippen LogP contribution in [0.5, 0.6) is 11.5 Å². The molecule has 1 amide bonds. The van der Waals surface area contributed by atoms with E-state index in [9.17, 15) is 4.79 Å². The minimum Gasteiger partial charge on any atom is -0.493 e. The summed E-state index contributed by atoms with van der Waals surface area (Å²) in [4.78, 5) is 16.2. The molecular formula is C15H19N3O3S3. The van der Waals surface area contributed by atoms with E-state index in [2.05, 4.69) is 14.7 Å². The zero-order chi connectivity index (χ0) is 17.4. The lowest BCUT2D eigenvalue weighted by molar-refractivity contribution is -0.118. The Bertz CT molecular complexity index is 679. The molecule has 0 atom stereocenters. The van der Waals surface area contributed by atoms with Crippen molar-refractivity contribution in [2.45, 2.75) is 15.9 Å². The highest BCUT2D eigenvalue weighted by molar-refractivity contribution is 8.01. The van der Waals surface area contributed by atoms with E-state index in [-0.39, 0.29) is 5.91 Å². The molecule has 9 heteroatoms. The SMILES string of the molecule is COc1ccc(CCNC(=O)CSc2nc(SC)ns2)cc1OC. The first-order valence-corrected chi connectivity index (χ1v) is 10.1. The number of hydrogen-bond acceptors (Lipinski definition) is 8. The number of nitrogens with zero attached hydrogens (tertiary/aromatic N) is 2. The minimum atomic E-state index is -0.0126. The third-order valence-corrected chi connectivity index (χ3v) is 5.58. The van der Waals surface area contributed by atoms with Crippen molar-refractivity contribution in [1.29, 1.82) is 0 Å². The molecular weight excluding hydrogens is 366 g/mol. The molecule has 130 valence electrons. The fraction of sp³-hybridized carbons (Fsp3) is 0.400. The largest absolute Gasteiger partial charge is 0.493 e. The van der Waals surface area contributed by atoms with Gasteiger partial charge in [0.15, 0.2) is 15.8 Å². The lowest BCUT2D eigenvalue weighted by Gasteiger charge is -2.10. The van der Waals surface area contributed by atoms with Gasteiger partial charge in [-0.1, -0.05) is 29.6 Å². The first-order valence-electron chi connectivity index (χ1n) is 7.14. The maximum atomic E-state index is 11.9. The molecule has 6 nitrogen and oxygen atoms in total. The summed E-state index contributed by atoms with van der Waals surface area (Å²) in [5.74, 6) is 1.72. The summed E-state index contributed by atoms with van der Waals surface area (Å²) < 4.78 is 15.5. The number of nitrogens with one attached hydrogen (secondary N) is 1. The highest BCUT2D eigenvalue weighted by Crippen LogP contribution is 2.27. The van der Waals surface area contributed by atoms with Crippen molar-refractivity contribution >= 4 is 41.0 Å². The van der Waals surface area contributed by atoms with E-state index < -0.39 is 0 Å². The highest BCUT2D eigenvalue weighted by atomic mass is 32.2. The van der Waals surface area contributed by atoms with Crippen LogP contribution in [0.15, 0.2) is 27.7 Å². The van der Waals surface area contributed by atoms with Crippen molar-refractivity contribution in [2.24, 2.45) is 0 Å². The predicted molar refractivity (Wildman–Crippen MR) is 98.7 cm³/mol. The summed E-state index contributed by atoms with van der Waals surface area (Å²) in [5, 5.41) is 3.65. The molecule has 2 rings (SSSR count). The molecule has 0 aliphatic heterocycles. The van der Waals surface area contributed by atoms with Crippen molar-refractivity contribution in [3.8, 4) is 11.5 Å². The van der Waals surface area contributed by atoms with Gasteiger partial charge in [0.25, 0.3) is 0 Å². The Kier molecular flexibility index (Phi) is 7.67. The van der Waals surface area contributed by atoms with Crippen molar-refractivity contribution in [1.82, 2.24) is 14.7 Å². The van der Waals surface area contributed by atoms with Crippen LogP contribution in [0.3, 0.4) is 0 Å². The minimum absolute atomic E-state index is 0.0126. The van der Waals surface area contributed by atoms with E-state index in [1.165, 1.54) is 35.1 Å². The Labute approximate surface area is 153 Å². The number of aromatic nitrogens is 2. The summed E-state index contributed by atoms with van der Waals surface area (Å²) in [6.45, 7) is 0.570. The predicted octanol–water partition coefficient (Wildman–Crippen LogP) is 2.73. The van der Waals surface area contributed by atoms with Gasteiger partial charge < -0.3 is 14.8 Å². The number of carbonyl (C=O) groups is 1. The van der Waals surface area contributed by atoms with E-state index in [0.717, 1.165) is 21.5 Å². The first kappa shape index (κ1) is 18.9. The van der Waals surface area contributed by atoms with E-state index >= 15 is 0 Å². The van der Waals surface area contributed by atoms with Gasteiger partial charge >= 0.3 is 0 Å². The van der Waals surface area contributed by atoms with E-state index in [1.54, 1.807) is 14.2 Å². The average Bonchev–Trinajstić information content (AvgIpc) is 3.08. The van der Waals surface area contributed by atoms with Crippen LogP contribution in [0.25, 0.3) is 0 Å². The third kappa shape index (κ3) is 5.57. The van der Waals surface area contributed by atoms with Crippen LogP contribution >= 0.6 is 35.1 Å². The lowest BCUT2D eigenvalue weighted by Crippen LogP contribution is -2.27.